The Hall–Kier alpha value is -2.77. The average molecular weight is 432 g/mol. The van der Waals surface area contributed by atoms with Crippen LogP contribution in [0.2, 0.25) is 10.0 Å². The first-order valence-corrected chi connectivity index (χ1v) is 9.87. The Balaban J connectivity index is 1.45. The number of benzene rings is 2. The second-order valence-corrected chi connectivity index (χ2v) is 7.47. The maximum Gasteiger partial charge on any atom is 0.323 e. The first-order valence-electron chi connectivity index (χ1n) is 9.11. The van der Waals surface area contributed by atoms with Crippen LogP contribution in [-0.2, 0) is 0 Å². The highest BCUT2D eigenvalue weighted by Gasteiger charge is 2.23. The normalized spacial score (nSPS) is 14.2. The third kappa shape index (κ3) is 4.31. The van der Waals surface area contributed by atoms with Gasteiger partial charge in [0.1, 0.15) is 0 Å². The summed E-state index contributed by atoms with van der Waals surface area (Å²) in [6.07, 6.45) is 0. The van der Waals surface area contributed by atoms with Crippen molar-refractivity contribution < 1.29 is 9.53 Å². The highest BCUT2D eigenvalue weighted by atomic mass is 35.5. The van der Waals surface area contributed by atoms with E-state index in [0.29, 0.717) is 47.3 Å². The molecule has 4 rings (SSSR count). The zero-order chi connectivity index (χ0) is 20.4. The molecule has 2 amide bonds. The Morgan fingerprint density at radius 2 is 1.76 bits per heavy atom. The molecule has 0 unspecified atom stereocenters. The van der Waals surface area contributed by atoms with Crippen LogP contribution in [0.25, 0.3) is 11.0 Å². The Kier molecular flexibility index (Phi) is 5.60. The maximum atomic E-state index is 12.8. The molecule has 1 saturated heterocycles. The second kappa shape index (κ2) is 8.31. The third-order valence-electron chi connectivity index (χ3n) is 4.75. The van der Waals surface area contributed by atoms with Gasteiger partial charge in [0, 0.05) is 41.9 Å². The van der Waals surface area contributed by atoms with Crippen LogP contribution in [-0.4, -0.2) is 54.2 Å². The van der Waals surface area contributed by atoms with Gasteiger partial charge in [-0.15, -0.1) is 0 Å². The molecule has 2 heterocycles. The molecule has 1 fully saturated rings. The fourth-order valence-corrected chi connectivity index (χ4v) is 3.61. The number of halogens is 2. The lowest BCUT2D eigenvalue weighted by atomic mass is 10.2. The topological polar surface area (TPSA) is 70.6 Å². The van der Waals surface area contributed by atoms with Crippen molar-refractivity contribution in [3.05, 3.63) is 52.5 Å². The van der Waals surface area contributed by atoms with Gasteiger partial charge in [-0.05, 0) is 36.4 Å². The molecule has 1 aromatic heterocycles. The van der Waals surface area contributed by atoms with Crippen LogP contribution in [0.4, 0.5) is 16.3 Å². The molecule has 1 aliphatic heterocycles. The summed E-state index contributed by atoms with van der Waals surface area (Å²) in [5.41, 5.74) is 2.28. The number of ether oxygens (including phenoxy) is 1. The van der Waals surface area contributed by atoms with Gasteiger partial charge in [0.25, 0.3) is 5.88 Å². The predicted molar refractivity (Wildman–Crippen MR) is 115 cm³/mol. The predicted octanol–water partition coefficient (Wildman–Crippen LogP) is 4.30. The van der Waals surface area contributed by atoms with E-state index in [1.165, 1.54) is 7.11 Å². The number of piperazine rings is 1. The number of hydrogen-bond donors (Lipinski definition) is 1. The first-order chi connectivity index (χ1) is 14.0. The number of carbonyl (C=O) groups is 1. The number of amides is 2. The summed E-state index contributed by atoms with van der Waals surface area (Å²) in [6.45, 7) is 2.59. The number of rotatable bonds is 3. The number of anilines is 2. The molecule has 2 aromatic carbocycles. The molecule has 0 radical (unpaired) electrons. The van der Waals surface area contributed by atoms with E-state index in [1.807, 2.05) is 24.3 Å². The summed E-state index contributed by atoms with van der Waals surface area (Å²) in [4.78, 5) is 25.6. The summed E-state index contributed by atoms with van der Waals surface area (Å²) in [7, 11) is 1.49. The van der Waals surface area contributed by atoms with E-state index in [4.69, 9.17) is 27.9 Å². The lowest BCUT2D eigenvalue weighted by Crippen LogP contribution is -2.50. The van der Waals surface area contributed by atoms with Gasteiger partial charge in [0.15, 0.2) is 5.82 Å². The number of urea groups is 1. The smallest absolute Gasteiger partial charge is 0.323 e. The van der Waals surface area contributed by atoms with E-state index in [-0.39, 0.29) is 17.7 Å². The quantitative estimate of drug-likeness (QED) is 0.669. The van der Waals surface area contributed by atoms with E-state index in [9.17, 15) is 4.79 Å². The number of nitrogens with zero attached hydrogens (tertiary/aromatic N) is 4. The number of nitrogens with one attached hydrogen (secondary N) is 1. The number of methoxy groups -OCH3 is 1. The van der Waals surface area contributed by atoms with Gasteiger partial charge in [0.05, 0.1) is 18.1 Å². The van der Waals surface area contributed by atoms with Gasteiger partial charge in [0.2, 0.25) is 0 Å². The summed E-state index contributed by atoms with van der Waals surface area (Å²) >= 11 is 12.1. The highest BCUT2D eigenvalue weighted by Crippen LogP contribution is 2.26. The van der Waals surface area contributed by atoms with Crippen LogP contribution in [0, 0.1) is 0 Å². The van der Waals surface area contributed by atoms with Crippen molar-refractivity contribution in [2.75, 3.05) is 43.5 Å². The van der Waals surface area contributed by atoms with Crippen molar-refractivity contribution in [1.82, 2.24) is 14.9 Å². The fourth-order valence-electron chi connectivity index (χ4n) is 3.26. The molecular formula is C20H19Cl2N5O2. The number of fused-ring (bicyclic) bond motifs is 1. The van der Waals surface area contributed by atoms with Crippen LogP contribution >= 0.6 is 23.2 Å². The molecule has 0 aliphatic carbocycles. The summed E-state index contributed by atoms with van der Waals surface area (Å²) < 4.78 is 5.30. The van der Waals surface area contributed by atoms with Crippen molar-refractivity contribution in [3.63, 3.8) is 0 Å². The molecule has 7 nitrogen and oxygen atoms in total. The van der Waals surface area contributed by atoms with Gasteiger partial charge < -0.3 is 14.5 Å². The van der Waals surface area contributed by atoms with Crippen LogP contribution < -0.4 is 15.0 Å². The van der Waals surface area contributed by atoms with Crippen molar-refractivity contribution in [3.8, 4) is 5.88 Å². The lowest BCUT2D eigenvalue weighted by Gasteiger charge is -2.36. The Bertz CT molecular complexity index is 1050. The molecule has 150 valence electrons. The zero-order valence-electron chi connectivity index (χ0n) is 15.7. The maximum absolute atomic E-state index is 12.8. The first kappa shape index (κ1) is 19.5. The second-order valence-electron chi connectivity index (χ2n) is 6.60. The Morgan fingerprint density at radius 1 is 1.00 bits per heavy atom. The molecule has 1 N–H and O–H groups in total. The monoisotopic (exact) mass is 431 g/mol. The average Bonchev–Trinajstić information content (AvgIpc) is 2.73. The minimum atomic E-state index is -0.239. The third-order valence-corrected chi connectivity index (χ3v) is 5.22. The van der Waals surface area contributed by atoms with E-state index in [2.05, 4.69) is 20.2 Å². The summed E-state index contributed by atoms with van der Waals surface area (Å²) in [6, 6.07) is 12.7. The van der Waals surface area contributed by atoms with Crippen LogP contribution in [0.15, 0.2) is 42.5 Å². The molecule has 0 bridgehead atoms. The van der Waals surface area contributed by atoms with Crippen molar-refractivity contribution in [1.29, 1.82) is 0 Å². The summed E-state index contributed by atoms with van der Waals surface area (Å²) in [5.74, 6) is 0.523. The van der Waals surface area contributed by atoms with Gasteiger partial charge in [-0.2, -0.15) is 0 Å². The Labute approximate surface area is 178 Å². The molecule has 29 heavy (non-hydrogen) atoms. The van der Waals surface area contributed by atoms with Crippen molar-refractivity contribution >= 4 is 51.8 Å². The van der Waals surface area contributed by atoms with E-state index in [1.54, 1.807) is 23.1 Å². The van der Waals surface area contributed by atoms with Gasteiger partial charge >= 0.3 is 6.03 Å². The van der Waals surface area contributed by atoms with Crippen molar-refractivity contribution in [2.45, 2.75) is 0 Å². The van der Waals surface area contributed by atoms with Crippen LogP contribution in [0.5, 0.6) is 5.88 Å². The van der Waals surface area contributed by atoms with E-state index in [0.717, 1.165) is 5.69 Å². The SMILES string of the molecule is COc1nc2cc(Cl)ccc2nc1NC(=O)N1CCN(c2cccc(Cl)c2)CC1. The minimum Gasteiger partial charge on any atom is -0.478 e. The van der Waals surface area contributed by atoms with E-state index < -0.39 is 0 Å². The molecule has 1 aliphatic rings. The van der Waals surface area contributed by atoms with E-state index >= 15 is 0 Å². The standard InChI is InChI=1S/C20H19Cl2N5O2/c1-29-19-18(23-16-6-5-14(22)12-17(16)24-19)25-20(28)27-9-7-26(8-10-27)15-4-2-3-13(21)11-15/h2-6,11-12H,7-10H2,1H3,(H,23,25,28). The van der Waals surface area contributed by atoms with Gasteiger partial charge in [-0.1, -0.05) is 29.3 Å². The van der Waals surface area contributed by atoms with Crippen LogP contribution in [0.3, 0.4) is 0 Å². The lowest BCUT2D eigenvalue weighted by molar-refractivity contribution is 0.208. The fraction of sp³-hybridized carbons (Fsp3) is 0.250. The van der Waals surface area contributed by atoms with Gasteiger partial charge in [-0.25, -0.2) is 14.8 Å². The largest absolute Gasteiger partial charge is 0.478 e. The molecule has 0 saturated carbocycles. The molecular weight excluding hydrogens is 413 g/mol. The molecule has 0 atom stereocenters. The van der Waals surface area contributed by atoms with Crippen LogP contribution in [0.1, 0.15) is 0 Å². The Morgan fingerprint density at radius 3 is 2.48 bits per heavy atom. The number of carbonyl (C=O) groups excluding carboxylic acids is 1. The minimum absolute atomic E-state index is 0.239. The highest BCUT2D eigenvalue weighted by molar-refractivity contribution is 6.31. The summed E-state index contributed by atoms with van der Waals surface area (Å²) in [5, 5.41) is 4.08. The number of hydrogen-bond acceptors (Lipinski definition) is 5. The number of aromatic nitrogens is 2. The zero-order valence-corrected chi connectivity index (χ0v) is 17.2. The van der Waals surface area contributed by atoms with Gasteiger partial charge in [-0.3, -0.25) is 5.32 Å². The van der Waals surface area contributed by atoms with Crippen molar-refractivity contribution in [2.24, 2.45) is 0 Å². The molecule has 3 aromatic rings. The molecule has 0 spiro atoms. The molecule has 9 heteroatoms.